The molecular weight excluding hydrogens is 146 g/mol. The van der Waals surface area contributed by atoms with Gasteiger partial charge in [0.25, 0.3) is 0 Å². The van der Waals surface area contributed by atoms with Crippen molar-refractivity contribution < 1.29 is 4.79 Å². The van der Waals surface area contributed by atoms with E-state index >= 15 is 0 Å². The second-order valence-corrected chi connectivity index (χ2v) is 3.02. The van der Waals surface area contributed by atoms with Crippen LogP contribution in [-0.2, 0) is 4.79 Å². The van der Waals surface area contributed by atoms with Gasteiger partial charge in [0.2, 0.25) is 5.78 Å². The van der Waals surface area contributed by atoms with Gasteiger partial charge in [-0.15, -0.1) is 0 Å². The smallest absolute Gasteiger partial charge is 0.204 e. The van der Waals surface area contributed by atoms with Crippen LogP contribution in [0.3, 0.4) is 0 Å². The first-order valence-electron chi connectivity index (χ1n) is 2.98. The average Bonchev–Trinajstić information content (AvgIpc) is 2.36. The van der Waals surface area contributed by atoms with E-state index in [-0.39, 0.29) is 5.78 Å². The molecule has 0 bridgehead atoms. The van der Waals surface area contributed by atoms with Crippen molar-refractivity contribution in [2.24, 2.45) is 4.99 Å². The second-order valence-electron chi connectivity index (χ2n) is 2.03. The molecule has 0 amide bonds. The molecule has 10 heavy (non-hydrogen) atoms. The van der Waals surface area contributed by atoms with Gasteiger partial charge in [0.1, 0.15) is 5.71 Å². The number of aliphatic imine (C=N–C) groups is 1. The van der Waals surface area contributed by atoms with Crippen LogP contribution in [0.25, 0.3) is 0 Å². The molecule has 50 valence electrons. The van der Waals surface area contributed by atoms with Gasteiger partial charge < -0.3 is 0 Å². The zero-order valence-electron chi connectivity index (χ0n) is 5.20. The zero-order chi connectivity index (χ0) is 6.97. The topological polar surface area (TPSA) is 29.4 Å². The number of allylic oxidation sites excluding steroid dienone is 4. The first-order valence-corrected chi connectivity index (χ1v) is 3.97. The first kappa shape index (κ1) is 5.92. The monoisotopic (exact) mass is 151 g/mol. The minimum absolute atomic E-state index is 0.0440. The summed E-state index contributed by atoms with van der Waals surface area (Å²) >= 11 is 1.62. The van der Waals surface area contributed by atoms with Crippen LogP contribution in [0.4, 0.5) is 0 Å². The van der Waals surface area contributed by atoms with Crippen LogP contribution in [0, 0.1) is 0 Å². The van der Waals surface area contributed by atoms with Crippen LogP contribution in [-0.4, -0.2) is 17.4 Å². The van der Waals surface area contributed by atoms with Crippen molar-refractivity contribution in [3.8, 4) is 0 Å². The Morgan fingerprint density at radius 2 is 2.50 bits per heavy atom. The zero-order valence-corrected chi connectivity index (χ0v) is 6.02. The lowest BCUT2D eigenvalue weighted by molar-refractivity contribution is -0.108. The fourth-order valence-electron chi connectivity index (χ4n) is 0.941. The molecule has 0 spiro atoms. The Morgan fingerprint density at radius 3 is 3.30 bits per heavy atom. The van der Waals surface area contributed by atoms with E-state index in [2.05, 4.69) is 4.99 Å². The molecule has 0 N–H and O–H groups in total. The minimum Gasteiger partial charge on any atom is -0.288 e. The van der Waals surface area contributed by atoms with Crippen LogP contribution in [0.15, 0.2) is 28.1 Å². The Morgan fingerprint density at radius 1 is 1.60 bits per heavy atom. The van der Waals surface area contributed by atoms with Gasteiger partial charge >= 0.3 is 0 Å². The SMILES string of the molecule is O=C1C=CC=C2SCN=C12. The number of carbonyl (C=O) groups is 1. The van der Waals surface area contributed by atoms with Crippen molar-refractivity contribution in [3.05, 3.63) is 23.1 Å². The number of nitrogens with zero attached hydrogens (tertiary/aromatic N) is 1. The molecule has 0 radical (unpaired) electrons. The van der Waals surface area contributed by atoms with Crippen LogP contribution >= 0.6 is 11.8 Å². The van der Waals surface area contributed by atoms with Crippen molar-refractivity contribution >= 4 is 23.3 Å². The molecule has 3 heteroatoms. The number of rotatable bonds is 0. The van der Waals surface area contributed by atoms with E-state index in [0.29, 0.717) is 11.6 Å². The number of hydrogen-bond acceptors (Lipinski definition) is 3. The standard InChI is InChI=1S/C7H5NOS/c9-5-2-1-3-6-7(5)8-4-10-6/h1-3H,4H2. The molecule has 0 saturated carbocycles. The van der Waals surface area contributed by atoms with E-state index < -0.39 is 0 Å². The summed E-state index contributed by atoms with van der Waals surface area (Å²) in [5.74, 6) is 0.747. The summed E-state index contributed by atoms with van der Waals surface area (Å²) in [5, 5.41) is 0. The number of hydrogen-bond donors (Lipinski definition) is 0. The maximum atomic E-state index is 11.0. The number of ketones is 1. The van der Waals surface area contributed by atoms with E-state index in [0.717, 1.165) is 4.91 Å². The predicted octanol–water partition coefficient (Wildman–Crippen LogP) is 1.15. The second kappa shape index (κ2) is 2.09. The van der Waals surface area contributed by atoms with Crippen LogP contribution in [0.5, 0.6) is 0 Å². The van der Waals surface area contributed by atoms with Crippen molar-refractivity contribution in [2.45, 2.75) is 0 Å². The fourth-order valence-corrected chi connectivity index (χ4v) is 1.75. The van der Waals surface area contributed by atoms with Crippen molar-refractivity contribution in [2.75, 3.05) is 5.88 Å². The van der Waals surface area contributed by atoms with E-state index in [1.54, 1.807) is 23.9 Å². The molecule has 1 heterocycles. The fraction of sp³-hybridized carbons (Fsp3) is 0.143. The molecule has 0 unspecified atom stereocenters. The molecule has 1 aliphatic carbocycles. The molecule has 0 saturated heterocycles. The number of thioether (sulfide) groups is 1. The summed E-state index contributed by atoms with van der Waals surface area (Å²) in [7, 11) is 0. The molecule has 0 aromatic rings. The maximum absolute atomic E-state index is 11.0. The van der Waals surface area contributed by atoms with E-state index in [1.807, 2.05) is 6.08 Å². The molecular formula is C7H5NOS. The number of fused-ring (bicyclic) bond motifs is 1. The van der Waals surface area contributed by atoms with Crippen molar-refractivity contribution in [3.63, 3.8) is 0 Å². The summed E-state index contributed by atoms with van der Waals surface area (Å²) in [6.45, 7) is 0. The summed E-state index contributed by atoms with van der Waals surface area (Å²) in [4.78, 5) is 16.1. The summed E-state index contributed by atoms with van der Waals surface area (Å²) in [5.41, 5.74) is 0.646. The van der Waals surface area contributed by atoms with Crippen LogP contribution in [0.1, 0.15) is 0 Å². The third-order valence-corrected chi connectivity index (χ3v) is 2.30. The molecule has 1 aliphatic heterocycles. The normalized spacial score (nSPS) is 22.2. The summed E-state index contributed by atoms with van der Waals surface area (Å²) in [6, 6.07) is 0. The van der Waals surface area contributed by atoms with E-state index in [9.17, 15) is 4.79 Å². The highest BCUT2D eigenvalue weighted by atomic mass is 32.2. The van der Waals surface area contributed by atoms with Crippen molar-refractivity contribution in [1.82, 2.24) is 0 Å². The highest BCUT2D eigenvalue weighted by Gasteiger charge is 2.20. The molecule has 2 rings (SSSR count). The van der Waals surface area contributed by atoms with Gasteiger partial charge in [-0.1, -0.05) is 17.8 Å². The first-order chi connectivity index (χ1) is 4.88. The lowest BCUT2D eigenvalue weighted by Crippen LogP contribution is -2.11. The van der Waals surface area contributed by atoms with Gasteiger partial charge in [-0.25, -0.2) is 0 Å². The molecule has 0 fully saturated rings. The molecule has 0 aromatic carbocycles. The number of carbonyl (C=O) groups excluding carboxylic acids is 1. The third-order valence-electron chi connectivity index (χ3n) is 1.40. The van der Waals surface area contributed by atoms with E-state index in [1.165, 1.54) is 0 Å². The highest BCUT2D eigenvalue weighted by Crippen LogP contribution is 2.26. The Hall–Kier alpha value is -0.830. The molecule has 0 aromatic heterocycles. The lowest BCUT2D eigenvalue weighted by Gasteiger charge is -2.00. The van der Waals surface area contributed by atoms with Gasteiger partial charge in [-0.3, -0.25) is 9.79 Å². The van der Waals surface area contributed by atoms with Crippen LogP contribution < -0.4 is 0 Å². The largest absolute Gasteiger partial charge is 0.288 e. The molecule has 2 aliphatic rings. The minimum atomic E-state index is 0.0440. The van der Waals surface area contributed by atoms with E-state index in [4.69, 9.17) is 0 Å². The van der Waals surface area contributed by atoms with Crippen LogP contribution in [0.2, 0.25) is 0 Å². The maximum Gasteiger partial charge on any atom is 0.204 e. The Bertz CT molecular complexity index is 275. The Balaban J connectivity index is 2.48. The van der Waals surface area contributed by atoms with Gasteiger partial charge in [-0.2, -0.15) is 0 Å². The quantitative estimate of drug-likeness (QED) is 0.486. The van der Waals surface area contributed by atoms with Gasteiger partial charge in [-0.05, 0) is 12.2 Å². The Kier molecular flexibility index (Phi) is 1.24. The average molecular weight is 151 g/mol. The third kappa shape index (κ3) is 0.743. The lowest BCUT2D eigenvalue weighted by atomic mass is 10.1. The highest BCUT2D eigenvalue weighted by molar-refractivity contribution is 8.04. The summed E-state index contributed by atoms with van der Waals surface area (Å²) in [6.07, 6.45) is 5.25. The molecule has 0 atom stereocenters. The Labute approximate surface area is 62.7 Å². The summed E-state index contributed by atoms with van der Waals surface area (Å²) < 4.78 is 0. The van der Waals surface area contributed by atoms with Gasteiger partial charge in [0.05, 0.1) is 5.88 Å². The van der Waals surface area contributed by atoms with Gasteiger partial charge in [0.15, 0.2) is 0 Å². The molecule has 2 nitrogen and oxygen atoms in total. The van der Waals surface area contributed by atoms with Crippen molar-refractivity contribution in [1.29, 1.82) is 0 Å². The van der Waals surface area contributed by atoms with Gasteiger partial charge in [0, 0.05) is 4.91 Å². The predicted molar refractivity (Wildman–Crippen MR) is 42.1 cm³/mol.